The lowest BCUT2D eigenvalue weighted by molar-refractivity contribution is 0.627. The molecule has 2 aromatic heterocycles. The van der Waals surface area contributed by atoms with Crippen molar-refractivity contribution in [2.45, 2.75) is 0 Å². The van der Waals surface area contributed by atoms with Crippen LogP contribution in [-0.2, 0) is 0 Å². The number of nitrogens with one attached hydrogen (secondary N) is 2. The van der Waals surface area contributed by atoms with Gasteiger partial charge in [0, 0.05) is 55.8 Å². The molecule has 8 aromatic rings. The summed E-state index contributed by atoms with van der Waals surface area (Å²) in [5, 5.41) is 5.01. The van der Waals surface area contributed by atoms with E-state index in [-0.39, 0.29) is 0 Å². The van der Waals surface area contributed by atoms with Crippen molar-refractivity contribution < 1.29 is 0 Å². The molecule has 0 spiro atoms. The number of hydrogen-bond donors (Lipinski definition) is 2. The molecule has 40 heavy (non-hydrogen) atoms. The molecule has 0 saturated heterocycles. The zero-order valence-corrected chi connectivity index (χ0v) is 22.2. The number of fused-ring (bicyclic) bond motifs is 6. The van der Waals surface area contributed by atoms with Crippen LogP contribution >= 0.6 is 0 Å². The largest absolute Gasteiger partial charge is 0.354 e. The van der Waals surface area contributed by atoms with E-state index in [1.54, 1.807) is 0 Å². The minimum absolute atomic E-state index is 0.579. The molecule has 0 unspecified atom stereocenters. The second-order valence-corrected chi connectivity index (χ2v) is 10.7. The molecule has 0 bridgehead atoms. The molecule has 0 atom stereocenters. The summed E-state index contributed by atoms with van der Waals surface area (Å²) in [7, 11) is 2.28. The van der Waals surface area contributed by atoms with E-state index in [1.807, 2.05) is 0 Å². The highest BCUT2D eigenvalue weighted by molar-refractivity contribution is 6.19. The first-order chi connectivity index (χ1) is 19.7. The summed E-state index contributed by atoms with van der Waals surface area (Å²) in [6, 6.07) is 50.2. The van der Waals surface area contributed by atoms with Crippen molar-refractivity contribution in [3.63, 3.8) is 0 Å². The van der Waals surface area contributed by atoms with Gasteiger partial charge in [-0.05, 0) is 48.0 Å². The smallest absolute Gasteiger partial charge is 0.143 e. The van der Waals surface area contributed by atoms with E-state index in [4.69, 9.17) is 0 Å². The van der Waals surface area contributed by atoms with Crippen LogP contribution in [0.4, 0.5) is 17.1 Å². The van der Waals surface area contributed by atoms with Crippen LogP contribution in [0.3, 0.4) is 0 Å². The van der Waals surface area contributed by atoms with Gasteiger partial charge in [0.25, 0.3) is 0 Å². The van der Waals surface area contributed by atoms with Crippen LogP contribution in [0.25, 0.3) is 54.7 Å². The second kappa shape index (κ2) is 8.70. The molecule has 0 fully saturated rings. The van der Waals surface area contributed by atoms with Gasteiger partial charge in [0.15, 0.2) is 0 Å². The summed E-state index contributed by atoms with van der Waals surface area (Å²) in [6.07, 6.45) is 0. The van der Waals surface area contributed by atoms with Crippen LogP contribution in [0.5, 0.6) is 0 Å². The number of aromatic amines is 2. The SMILES string of the molecule is C[N+](c1ccccc1)(c1ccccc1)c1cccc(-c2cccc3c2[nH]c2cc4[nH]c5ccccc5c4cc23)c1. The summed E-state index contributed by atoms with van der Waals surface area (Å²) in [5.41, 5.74) is 10.7. The second-order valence-electron chi connectivity index (χ2n) is 10.7. The molecule has 0 aliphatic carbocycles. The van der Waals surface area contributed by atoms with Crippen molar-refractivity contribution in [1.29, 1.82) is 0 Å². The summed E-state index contributed by atoms with van der Waals surface area (Å²) in [4.78, 5) is 7.37. The molecular formula is C37H28N3+. The zero-order chi connectivity index (χ0) is 26.7. The molecule has 3 heteroatoms. The van der Waals surface area contributed by atoms with Crippen molar-refractivity contribution in [2.24, 2.45) is 0 Å². The van der Waals surface area contributed by atoms with Gasteiger partial charge < -0.3 is 9.97 Å². The Bertz CT molecular complexity index is 2130. The van der Waals surface area contributed by atoms with Gasteiger partial charge in [-0.2, -0.15) is 0 Å². The number of rotatable bonds is 4. The third-order valence-electron chi connectivity index (χ3n) is 8.48. The van der Waals surface area contributed by atoms with Crippen LogP contribution < -0.4 is 4.48 Å². The highest BCUT2D eigenvalue weighted by Gasteiger charge is 2.31. The van der Waals surface area contributed by atoms with E-state index >= 15 is 0 Å². The Morgan fingerprint density at radius 2 is 1.02 bits per heavy atom. The first-order valence-corrected chi connectivity index (χ1v) is 13.7. The van der Waals surface area contributed by atoms with E-state index in [1.165, 1.54) is 60.8 Å². The number of benzene rings is 6. The number of hydrogen-bond acceptors (Lipinski definition) is 0. The zero-order valence-electron chi connectivity index (χ0n) is 22.2. The number of H-pyrrole nitrogens is 2. The van der Waals surface area contributed by atoms with Crippen molar-refractivity contribution in [3.05, 3.63) is 140 Å². The molecular weight excluding hydrogens is 486 g/mol. The molecule has 0 aliphatic rings. The monoisotopic (exact) mass is 514 g/mol. The molecule has 8 rings (SSSR count). The van der Waals surface area contributed by atoms with Crippen molar-refractivity contribution >= 4 is 60.7 Å². The predicted octanol–water partition coefficient (Wildman–Crippen LogP) is 10.2. The summed E-state index contributed by atoms with van der Waals surface area (Å²) in [6.45, 7) is 0. The predicted molar refractivity (Wildman–Crippen MR) is 171 cm³/mol. The van der Waals surface area contributed by atoms with Gasteiger partial charge in [-0.15, -0.1) is 0 Å². The third kappa shape index (κ3) is 3.35. The maximum absolute atomic E-state index is 3.78. The minimum Gasteiger partial charge on any atom is -0.354 e. The van der Waals surface area contributed by atoms with E-state index in [0.717, 1.165) is 11.0 Å². The van der Waals surface area contributed by atoms with Gasteiger partial charge >= 0.3 is 0 Å². The normalized spacial score (nSPS) is 12.1. The third-order valence-corrected chi connectivity index (χ3v) is 8.48. The number of aromatic nitrogens is 2. The lowest BCUT2D eigenvalue weighted by Gasteiger charge is -2.33. The fraction of sp³-hybridized carbons (Fsp3) is 0.0270. The summed E-state index contributed by atoms with van der Waals surface area (Å²) < 4.78 is 0.579. The number of nitrogens with zero attached hydrogens (tertiary/aromatic N) is 1. The fourth-order valence-electron chi connectivity index (χ4n) is 6.36. The van der Waals surface area contributed by atoms with Gasteiger partial charge in [0.1, 0.15) is 17.1 Å². The molecule has 190 valence electrons. The molecule has 2 heterocycles. The maximum Gasteiger partial charge on any atom is 0.143 e. The average molecular weight is 515 g/mol. The quantitative estimate of drug-likeness (QED) is 0.219. The van der Waals surface area contributed by atoms with Crippen LogP contribution in [-0.4, -0.2) is 17.0 Å². The Kier molecular flexibility index (Phi) is 4.97. The molecule has 0 saturated carbocycles. The van der Waals surface area contributed by atoms with E-state index < -0.39 is 0 Å². The molecule has 0 radical (unpaired) electrons. The Morgan fingerprint density at radius 3 is 1.80 bits per heavy atom. The van der Waals surface area contributed by atoms with E-state index in [0.29, 0.717) is 4.48 Å². The van der Waals surface area contributed by atoms with Gasteiger partial charge in [-0.1, -0.05) is 84.9 Å². The van der Waals surface area contributed by atoms with E-state index in [2.05, 4.69) is 157 Å². The molecule has 0 aliphatic heterocycles. The van der Waals surface area contributed by atoms with Crippen molar-refractivity contribution in [3.8, 4) is 11.1 Å². The minimum atomic E-state index is 0.579. The van der Waals surface area contributed by atoms with Gasteiger partial charge in [0.05, 0.1) is 12.6 Å². The fourth-order valence-corrected chi connectivity index (χ4v) is 6.36. The Morgan fingerprint density at radius 1 is 0.425 bits per heavy atom. The number of quaternary nitrogens is 1. The van der Waals surface area contributed by atoms with Crippen LogP contribution in [0.1, 0.15) is 0 Å². The maximum atomic E-state index is 3.78. The molecule has 6 aromatic carbocycles. The Balaban J connectivity index is 1.33. The highest BCUT2D eigenvalue weighted by Crippen LogP contribution is 2.44. The lowest BCUT2D eigenvalue weighted by atomic mass is 10.00. The summed E-state index contributed by atoms with van der Waals surface area (Å²) in [5.74, 6) is 0. The average Bonchev–Trinajstić information content (AvgIpc) is 3.57. The van der Waals surface area contributed by atoms with Crippen LogP contribution in [0, 0.1) is 0 Å². The standard InChI is InChI=1S/C37H28N3/c1-40(26-13-4-2-5-14-26,27-15-6-3-7-16-27)28-17-10-12-25(22-28)29-19-11-20-31-33-23-32-30-18-8-9-21-34(30)38-35(32)24-36(33)39-37(29)31/h2-24,38-39H,1H3/q+1. The van der Waals surface area contributed by atoms with Gasteiger partial charge in [-0.3, -0.25) is 0 Å². The molecule has 0 amide bonds. The first-order valence-electron chi connectivity index (χ1n) is 13.7. The lowest BCUT2D eigenvalue weighted by Crippen LogP contribution is -2.33. The highest BCUT2D eigenvalue weighted by atomic mass is 15.3. The topological polar surface area (TPSA) is 31.6 Å². The van der Waals surface area contributed by atoms with Crippen LogP contribution in [0.15, 0.2) is 140 Å². The van der Waals surface area contributed by atoms with Crippen molar-refractivity contribution in [1.82, 2.24) is 14.5 Å². The number of para-hydroxylation sites is 4. The Labute approximate surface area is 232 Å². The summed E-state index contributed by atoms with van der Waals surface area (Å²) >= 11 is 0. The van der Waals surface area contributed by atoms with E-state index in [9.17, 15) is 0 Å². The van der Waals surface area contributed by atoms with Gasteiger partial charge in [-0.25, -0.2) is 4.48 Å². The molecule has 3 nitrogen and oxygen atoms in total. The Hall–Kier alpha value is -5.12. The molecule has 2 N–H and O–H groups in total. The van der Waals surface area contributed by atoms with Gasteiger partial charge in [0.2, 0.25) is 0 Å². The van der Waals surface area contributed by atoms with Crippen molar-refractivity contribution in [2.75, 3.05) is 7.05 Å². The first kappa shape index (κ1) is 22.8. The van der Waals surface area contributed by atoms with Crippen LogP contribution in [0.2, 0.25) is 0 Å².